The predicted molar refractivity (Wildman–Crippen MR) is 90.3 cm³/mol. The number of carbonyl (C=O) groups is 2. The van der Waals surface area contributed by atoms with Gasteiger partial charge in [-0.05, 0) is 35.6 Å². The van der Waals surface area contributed by atoms with Crippen LogP contribution in [0.3, 0.4) is 0 Å². The van der Waals surface area contributed by atoms with Crippen LogP contribution in [-0.2, 0) is 9.59 Å². The molecule has 1 aromatic rings. The van der Waals surface area contributed by atoms with Gasteiger partial charge in [-0.2, -0.15) is 0 Å². The molecule has 1 aliphatic heterocycles. The van der Waals surface area contributed by atoms with Gasteiger partial charge in [0.05, 0.1) is 4.91 Å². The maximum Gasteiger partial charge on any atom is 0.261 e. The van der Waals surface area contributed by atoms with Gasteiger partial charge in [0.2, 0.25) is 0 Å². The molecule has 22 heavy (non-hydrogen) atoms. The SMILES string of the molecule is CCSC1=C(c2ccccc2)C2(C=CC(=O)C=C2)N(C)C1=O. The fourth-order valence-corrected chi connectivity index (χ4v) is 3.92. The summed E-state index contributed by atoms with van der Waals surface area (Å²) >= 11 is 1.56. The van der Waals surface area contributed by atoms with Gasteiger partial charge in [-0.3, -0.25) is 9.59 Å². The summed E-state index contributed by atoms with van der Waals surface area (Å²) in [6.45, 7) is 2.04. The molecule has 3 rings (SSSR count). The van der Waals surface area contributed by atoms with Crippen molar-refractivity contribution in [2.24, 2.45) is 0 Å². The Bertz CT molecular complexity index is 700. The number of hydrogen-bond donors (Lipinski definition) is 0. The van der Waals surface area contributed by atoms with E-state index in [4.69, 9.17) is 0 Å². The zero-order valence-corrected chi connectivity index (χ0v) is 13.4. The molecule has 0 aromatic heterocycles. The first-order valence-corrected chi connectivity index (χ1v) is 8.22. The molecular formula is C18H17NO2S. The molecule has 1 spiro atoms. The molecule has 0 bridgehead atoms. The van der Waals surface area contributed by atoms with Crippen LogP contribution >= 0.6 is 11.8 Å². The number of rotatable bonds is 3. The second kappa shape index (κ2) is 5.61. The van der Waals surface area contributed by atoms with Crippen molar-refractivity contribution in [1.29, 1.82) is 0 Å². The van der Waals surface area contributed by atoms with Crippen molar-refractivity contribution in [3.8, 4) is 0 Å². The van der Waals surface area contributed by atoms with E-state index in [2.05, 4.69) is 0 Å². The summed E-state index contributed by atoms with van der Waals surface area (Å²) in [6.07, 6.45) is 6.76. The molecule has 0 atom stereocenters. The molecule has 112 valence electrons. The first-order chi connectivity index (χ1) is 10.6. The van der Waals surface area contributed by atoms with E-state index in [0.29, 0.717) is 0 Å². The Labute approximate surface area is 134 Å². The van der Waals surface area contributed by atoms with Crippen LogP contribution in [0, 0.1) is 0 Å². The van der Waals surface area contributed by atoms with Gasteiger partial charge in [-0.25, -0.2) is 0 Å². The lowest BCUT2D eigenvalue weighted by Crippen LogP contribution is -2.43. The minimum atomic E-state index is -0.663. The maximum absolute atomic E-state index is 12.7. The second-order valence-corrected chi connectivity index (χ2v) is 6.54. The van der Waals surface area contributed by atoms with E-state index in [1.165, 1.54) is 0 Å². The van der Waals surface area contributed by atoms with E-state index in [9.17, 15) is 9.59 Å². The quantitative estimate of drug-likeness (QED) is 0.861. The zero-order chi connectivity index (χ0) is 15.7. The van der Waals surface area contributed by atoms with Crippen LogP contribution in [0.4, 0.5) is 0 Å². The van der Waals surface area contributed by atoms with Gasteiger partial charge in [0.1, 0.15) is 5.54 Å². The molecule has 1 heterocycles. The van der Waals surface area contributed by atoms with Crippen LogP contribution in [0.2, 0.25) is 0 Å². The van der Waals surface area contributed by atoms with Crippen molar-refractivity contribution in [2.75, 3.05) is 12.8 Å². The molecule has 3 nitrogen and oxygen atoms in total. The molecule has 4 heteroatoms. The average Bonchev–Trinajstić information content (AvgIpc) is 2.74. The predicted octanol–water partition coefficient (Wildman–Crippen LogP) is 3.06. The highest BCUT2D eigenvalue weighted by atomic mass is 32.2. The number of allylic oxidation sites excluding steroid dienone is 2. The molecule has 2 aliphatic rings. The van der Waals surface area contributed by atoms with Crippen LogP contribution in [-0.4, -0.2) is 34.9 Å². The minimum absolute atomic E-state index is 0.00866. The van der Waals surface area contributed by atoms with Crippen LogP contribution in [0.25, 0.3) is 5.57 Å². The molecule has 1 aromatic carbocycles. The first kappa shape index (κ1) is 14.9. The maximum atomic E-state index is 12.7. The molecule has 0 unspecified atom stereocenters. The van der Waals surface area contributed by atoms with Crippen LogP contribution < -0.4 is 0 Å². The van der Waals surface area contributed by atoms with Crippen molar-refractivity contribution < 1.29 is 9.59 Å². The van der Waals surface area contributed by atoms with Gasteiger partial charge in [0.15, 0.2) is 5.78 Å². The van der Waals surface area contributed by atoms with Crippen molar-refractivity contribution in [1.82, 2.24) is 4.90 Å². The highest BCUT2D eigenvalue weighted by molar-refractivity contribution is 8.04. The number of benzene rings is 1. The summed E-state index contributed by atoms with van der Waals surface area (Å²) in [5.74, 6) is 0.790. The number of thioether (sulfide) groups is 1. The van der Waals surface area contributed by atoms with E-state index in [1.54, 1.807) is 35.9 Å². The van der Waals surface area contributed by atoms with E-state index in [0.717, 1.165) is 21.8 Å². The smallest absolute Gasteiger partial charge is 0.261 e. The number of hydrogen-bond acceptors (Lipinski definition) is 3. The fourth-order valence-electron chi connectivity index (χ4n) is 2.94. The van der Waals surface area contributed by atoms with Gasteiger partial charge in [-0.15, -0.1) is 11.8 Å². The molecule has 0 saturated carbocycles. The van der Waals surface area contributed by atoms with E-state index in [-0.39, 0.29) is 11.7 Å². The third kappa shape index (κ3) is 2.15. The number of ketones is 1. The zero-order valence-electron chi connectivity index (χ0n) is 12.6. The molecule has 1 aliphatic carbocycles. The fraction of sp³-hybridized carbons (Fsp3) is 0.222. The third-order valence-corrected chi connectivity index (χ3v) is 4.99. The Morgan fingerprint density at radius 3 is 2.32 bits per heavy atom. The van der Waals surface area contributed by atoms with Crippen LogP contribution in [0.5, 0.6) is 0 Å². The average molecular weight is 311 g/mol. The number of amides is 1. The molecular weight excluding hydrogens is 294 g/mol. The van der Waals surface area contributed by atoms with Crippen molar-refractivity contribution in [3.63, 3.8) is 0 Å². The lowest BCUT2D eigenvalue weighted by molar-refractivity contribution is -0.125. The number of likely N-dealkylation sites (N-methyl/N-ethyl adjacent to an activating group) is 1. The third-order valence-electron chi connectivity index (χ3n) is 4.04. The molecule has 0 N–H and O–H groups in total. The first-order valence-electron chi connectivity index (χ1n) is 7.23. The molecule has 1 amide bonds. The summed E-state index contributed by atoms with van der Waals surface area (Å²) in [4.78, 5) is 26.8. The standard InChI is InChI=1S/C18H17NO2S/c1-3-22-16-15(13-7-5-4-6-8-13)18(19(2)17(16)21)11-9-14(20)10-12-18/h4-12H,3H2,1-2H3. The molecule has 0 radical (unpaired) electrons. The normalized spacial score (nSPS) is 19.6. The van der Waals surface area contributed by atoms with Crippen molar-refractivity contribution in [2.45, 2.75) is 12.5 Å². The monoisotopic (exact) mass is 311 g/mol. The lowest BCUT2D eigenvalue weighted by atomic mass is 9.83. The summed E-state index contributed by atoms with van der Waals surface area (Å²) in [6, 6.07) is 9.92. The highest BCUT2D eigenvalue weighted by Crippen LogP contribution is 2.47. The van der Waals surface area contributed by atoms with Gasteiger partial charge in [0, 0.05) is 12.6 Å². The van der Waals surface area contributed by atoms with Gasteiger partial charge >= 0.3 is 0 Å². The summed E-state index contributed by atoms with van der Waals surface area (Å²) in [5.41, 5.74) is 1.32. The topological polar surface area (TPSA) is 37.4 Å². The number of nitrogens with zero attached hydrogens (tertiary/aromatic N) is 1. The van der Waals surface area contributed by atoms with Gasteiger partial charge in [-0.1, -0.05) is 37.3 Å². The molecule has 0 saturated heterocycles. The van der Waals surface area contributed by atoms with E-state index < -0.39 is 5.54 Å². The van der Waals surface area contributed by atoms with E-state index in [1.807, 2.05) is 49.4 Å². The second-order valence-electron chi connectivity index (χ2n) is 5.26. The van der Waals surface area contributed by atoms with Crippen LogP contribution in [0.15, 0.2) is 59.5 Å². The summed E-state index contributed by atoms with van der Waals surface area (Å²) < 4.78 is 0. The van der Waals surface area contributed by atoms with E-state index >= 15 is 0 Å². The Kier molecular flexibility index (Phi) is 3.79. The number of carbonyl (C=O) groups excluding carboxylic acids is 2. The van der Waals surface area contributed by atoms with Crippen molar-refractivity contribution >= 4 is 29.0 Å². The Balaban J connectivity index is 2.24. The van der Waals surface area contributed by atoms with Gasteiger partial charge < -0.3 is 4.90 Å². The van der Waals surface area contributed by atoms with Crippen molar-refractivity contribution in [3.05, 3.63) is 65.1 Å². The van der Waals surface area contributed by atoms with Crippen LogP contribution in [0.1, 0.15) is 12.5 Å². The Morgan fingerprint density at radius 1 is 1.09 bits per heavy atom. The Morgan fingerprint density at radius 2 is 1.73 bits per heavy atom. The molecule has 0 fully saturated rings. The summed E-state index contributed by atoms with van der Waals surface area (Å²) in [7, 11) is 1.79. The largest absolute Gasteiger partial charge is 0.324 e. The Hall–Kier alpha value is -2.07. The van der Waals surface area contributed by atoms with Gasteiger partial charge in [0.25, 0.3) is 5.91 Å². The minimum Gasteiger partial charge on any atom is -0.324 e. The lowest BCUT2D eigenvalue weighted by Gasteiger charge is -2.34. The summed E-state index contributed by atoms with van der Waals surface area (Å²) in [5, 5.41) is 0. The highest BCUT2D eigenvalue weighted by Gasteiger charge is 2.47.